The molecule has 5 aliphatic heterocycles. The molecule has 0 bridgehead atoms. The molecule has 61 heavy (non-hydrogen) atoms. The highest BCUT2D eigenvalue weighted by atomic mass is 16.8. The Labute approximate surface area is 362 Å². The molecule has 5 rings (SSSR count). The van der Waals surface area contributed by atoms with E-state index in [0.717, 1.165) is 6.42 Å². The van der Waals surface area contributed by atoms with Crippen LogP contribution in [0.15, 0.2) is 12.2 Å². The quantitative estimate of drug-likeness (QED) is 0.116. The molecule has 0 aliphatic carbocycles. The fraction of sp³-hybridized carbons (Fsp3) is 0.870. The zero-order chi connectivity index (χ0) is 45.2. The number of imide groups is 1. The third kappa shape index (κ3) is 10.0. The molecule has 3 amide bonds. The van der Waals surface area contributed by atoms with Crippen LogP contribution in [0.1, 0.15) is 140 Å². The van der Waals surface area contributed by atoms with Crippen LogP contribution in [0.25, 0.3) is 0 Å². The number of hydrogen-bond acceptors (Lipinski definition) is 12. The monoisotopic (exact) mass is 865 g/mol. The minimum Gasteiger partial charge on any atom is -0.481 e. The number of amides is 3. The van der Waals surface area contributed by atoms with E-state index in [1.165, 1.54) is 0 Å². The van der Waals surface area contributed by atoms with Crippen molar-refractivity contribution in [1.29, 1.82) is 0 Å². The molecule has 0 radical (unpaired) electrons. The summed E-state index contributed by atoms with van der Waals surface area (Å²) >= 11 is 0. The van der Waals surface area contributed by atoms with Gasteiger partial charge in [0.2, 0.25) is 0 Å². The van der Waals surface area contributed by atoms with E-state index in [4.69, 9.17) is 28.4 Å². The summed E-state index contributed by atoms with van der Waals surface area (Å²) in [5.41, 5.74) is -1.83. The van der Waals surface area contributed by atoms with Crippen LogP contribution in [0.5, 0.6) is 0 Å². The average Bonchev–Trinajstić information content (AvgIpc) is 3.55. The van der Waals surface area contributed by atoms with Crippen molar-refractivity contribution in [2.24, 2.45) is 41.4 Å². The predicted molar refractivity (Wildman–Crippen MR) is 225 cm³/mol. The molecule has 18 atom stereocenters. The van der Waals surface area contributed by atoms with Gasteiger partial charge in [-0.25, -0.2) is 14.9 Å². The SMILES string of the molecule is CCOC(=O)NC(=O)N[C@@H]1C=C[C@]2(O[C@H]([C@@H](CC)C(=O)[C@@H](C)[C@@H](O)[C@H](C)[C@@H]3O[C@@H]([C@@H](CC)C(=O)O)CC[C@@H]3C)[C@@H](C)C[C@H]2C)O[C@@]12CC[C@@](C)([C@H]1CC[C@](O)(CC)[C@H](C)O1)O2. The molecule has 5 N–H and O–H groups in total. The summed E-state index contributed by atoms with van der Waals surface area (Å²) in [6, 6.07) is -1.66. The van der Waals surface area contributed by atoms with Crippen molar-refractivity contribution in [2.45, 2.75) is 206 Å². The molecule has 4 saturated heterocycles. The van der Waals surface area contributed by atoms with E-state index in [1.807, 2.05) is 55.4 Å². The van der Waals surface area contributed by atoms with Gasteiger partial charge in [-0.1, -0.05) is 61.5 Å². The molecule has 4 fully saturated rings. The Morgan fingerprint density at radius 2 is 1.57 bits per heavy atom. The lowest BCUT2D eigenvalue weighted by Crippen LogP contribution is -2.66. The number of urea groups is 1. The normalized spacial score (nSPS) is 41.4. The Morgan fingerprint density at radius 3 is 2.18 bits per heavy atom. The van der Waals surface area contributed by atoms with Crippen LogP contribution in [0.4, 0.5) is 9.59 Å². The van der Waals surface area contributed by atoms with E-state index in [0.29, 0.717) is 57.8 Å². The standard InChI is InChI=1S/C46H76N2O13/c1-12-31(40(51)52)33-17-16-25(5)38(58-33)29(9)36(49)28(8)37(50)32(13-2)39-26(6)24-27(7)45(59-39)21-18-34(47-41(53)48-42(54)56-15-4)46(61-45)23-22-43(11,60-46)35-19-20-44(55,14-3)30(10)57-35/h18,21,25-36,38-39,49,55H,12-17,19-20,22-24H2,1-11H3,(H,51,52)(H2,47,48,53,54)/t25-,26-,27+,28-,29-,30-,31+,32-,33+,34+,35+,36+,38+,39-,43-,44+,45-,46-/m0/s1. The maximum Gasteiger partial charge on any atom is 0.415 e. The molecule has 0 unspecified atom stereocenters. The van der Waals surface area contributed by atoms with Crippen molar-refractivity contribution < 1.29 is 62.9 Å². The first-order valence-electron chi connectivity index (χ1n) is 23.1. The molecule has 0 aromatic carbocycles. The average molecular weight is 865 g/mol. The molecular weight excluding hydrogens is 789 g/mol. The third-order valence-electron chi connectivity index (χ3n) is 15.3. The fourth-order valence-corrected chi connectivity index (χ4v) is 11.1. The first-order chi connectivity index (χ1) is 28.6. The zero-order valence-corrected chi connectivity index (χ0v) is 38.4. The van der Waals surface area contributed by atoms with Gasteiger partial charge in [-0.3, -0.25) is 9.59 Å². The van der Waals surface area contributed by atoms with Gasteiger partial charge in [-0.05, 0) is 96.5 Å². The van der Waals surface area contributed by atoms with Gasteiger partial charge in [0.05, 0.1) is 60.4 Å². The number of rotatable bonds is 14. The Bertz CT molecular complexity index is 1600. The molecule has 5 heterocycles. The van der Waals surface area contributed by atoms with Crippen LogP contribution in [-0.2, 0) is 38.0 Å². The van der Waals surface area contributed by atoms with Crippen molar-refractivity contribution in [3.8, 4) is 0 Å². The Morgan fingerprint density at radius 1 is 0.885 bits per heavy atom. The first kappa shape index (κ1) is 49.4. The number of carbonyl (C=O) groups is 4. The number of ether oxygens (including phenoxy) is 6. The lowest BCUT2D eigenvalue weighted by Gasteiger charge is -2.55. The Balaban J connectivity index is 1.40. The van der Waals surface area contributed by atoms with Gasteiger partial charge >= 0.3 is 18.1 Å². The lowest BCUT2D eigenvalue weighted by atomic mass is 9.72. The summed E-state index contributed by atoms with van der Waals surface area (Å²) in [6.45, 7) is 21.1. The molecule has 15 heteroatoms. The van der Waals surface area contributed by atoms with Crippen LogP contribution in [0, 0.1) is 41.4 Å². The van der Waals surface area contributed by atoms with E-state index in [1.54, 1.807) is 26.0 Å². The summed E-state index contributed by atoms with van der Waals surface area (Å²) in [5.74, 6) is -6.53. The van der Waals surface area contributed by atoms with Crippen molar-refractivity contribution in [3.05, 3.63) is 12.2 Å². The molecule has 0 saturated carbocycles. The van der Waals surface area contributed by atoms with Gasteiger partial charge in [0.15, 0.2) is 11.6 Å². The molecule has 15 nitrogen and oxygen atoms in total. The number of aliphatic hydroxyl groups is 2. The van der Waals surface area contributed by atoms with Gasteiger partial charge in [-0.15, -0.1) is 0 Å². The number of alkyl carbamates (subject to hydrolysis) is 1. The van der Waals surface area contributed by atoms with Gasteiger partial charge in [0.25, 0.3) is 0 Å². The summed E-state index contributed by atoms with van der Waals surface area (Å²) in [6.07, 6.45) is 4.70. The van der Waals surface area contributed by atoms with Crippen LogP contribution in [0.2, 0.25) is 0 Å². The maximum atomic E-state index is 14.6. The summed E-state index contributed by atoms with van der Waals surface area (Å²) in [4.78, 5) is 52.1. The summed E-state index contributed by atoms with van der Waals surface area (Å²) in [5, 5.41) is 37.9. The molecule has 5 aliphatic rings. The molecule has 348 valence electrons. The van der Waals surface area contributed by atoms with E-state index < -0.39 is 101 Å². The lowest BCUT2D eigenvalue weighted by molar-refractivity contribution is -0.397. The number of nitrogens with one attached hydrogen (secondary N) is 2. The highest BCUT2D eigenvalue weighted by Gasteiger charge is 2.63. The Hall–Kier alpha value is -2.66. The number of Topliss-reactive ketones (excluding diaryl/α,β-unsaturated/α-hetero) is 1. The van der Waals surface area contributed by atoms with Crippen LogP contribution in [-0.4, -0.2) is 111 Å². The number of carboxylic acid groups (broad SMARTS) is 1. The van der Waals surface area contributed by atoms with Crippen LogP contribution in [0.3, 0.4) is 0 Å². The summed E-state index contributed by atoms with van der Waals surface area (Å²) < 4.78 is 39.1. The number of hydrogen-bond donors (Lipinski definition) is 5. The van der Waals surface area contributed by atoms with Gasteiger partial charge in [0.1, 0.15) is 11.8 Å². The van der Waals surface area contributed by atoms with Crippen molar-refractivity contribution in [3.63, 3.8) is 0 Å². The molecule has 0 aromatic heterocycles. The van der Waals surface area contributed by atoms with Gasteiger partial charge < -0.3 is 49.1 Å². The van der Waals surface area contributed by atoms with Gasteiger partial charge in [0, 0.05) is 30.1 Å². The number of ketones is 1. The van der Waals surface area contributed by atoms with Crippen LogP contribution < -0.4 is 10.6 Å². The molecular formula is C46H76N2O13. The van der Waals surface area contributed by atoms with Gasteiger partial charge in [-0.2, -0.15) is 0 Å². The second-order valence-electron chi connectivity index (χ2n) is 19.3. The van der Waals surface area contributed by atoms with Crippen molar-refractivity contribution in [2.75, 3.05) is 6.61 Å². The van der Waals surface area contributed by atoms with Crippen LogP contribution >= 0.6 is 0 Å². The number of carboxylic acids is 1. The molecule has 0 aromatic rings. The zero-order valence-electron chi connectivity index (χ0n) is 38.4. The smallest absolute Gasteiger partial charge is 0.415 e. The van der Waals surface area contributed by atoms with E-state index in [-0.39, 0.29) is 36.2 Å². The second-order valence-corrected chi connectivity index (χ2v) is 19.3. The second kappa shape index (κ2) is 19.6. The fourth-order valence-electron chi connectivity index (χ4n) is 11.1. The van der Waals surface area contributed by atoms with E-state index >= 15 is 0 Å². The number of carbonyl (C=O) groups excluding carboxylic acids is 3. The minimum absolute atomic E-state index is 0.0656. The van der Waals surface area contributed by atoms with Crippen molar-refractivity contribution in [1.82, 2.24) is 10.6 Å². The Kier molecular flexibility index (Phi) is 15.9. The largest absolute Gasteiger partial charge is 0.481 e. The van der Waals surface area contributed by atoms with E-state index in [2.05, 4.69) is 17.6 Å². The molecule has 2 spiro atoms. The van der Waals surface area contributed by atoms with E-state index in [9.17, 15) is 34.5 Å². The first-order valence-corrected chi connectivity index (χ1v) is 23.1. The highest BCUT2D eigenvalue weighted by Crippen LogP contribution is 2.54. The third-order valence-corrected chi connectivity index (χ3v) is 15.3. The number of aliphatic carboxylic acids is 1. The topological polar surface area (TPSA) is 208 Å². The maximum absolute atomic E-state index is 14.6. The summed E-state index contributed by atoms with van der Waals surface area (Å²) in [7, 11) is 0. The highest BCUT2D eigenvalue weighted by molar-refractivity contribution is 5.91. The predicted octanol–water partition coefficient (Wildman–Crippen LogP) is 6.65. The van der Waals surface area contributed by atoms with Crippen molar-refractivity contribution >= 4 is 23.9 Å². The minimum atomic E-state index is -1.48. The number of aliphatic hydroxyl groups excluding tert-OH is 1.